The predicted molar refractivity (Wildman–Crippen MR) is 61.0 cm³/mol. The second-order valence-corrected chi connectivity index (χ2v) is 3.71. The fourth-order valence-electron chi connectivity index (χ4n) is 1.40. The zero-order chi connectivity index (χ0) is 11.5. The summed E-state index contributed by atoms with van der Waals surface area (Å²) >= 11 is 6.04. The van der Waals surface area contributed by atoms with Crippen molar-refractivity contribution in [2.45, 2.75) is 6.61 Å². The number of hydrogen-bond donors (Lipinski definition) is 1. The van der Waals surface area contributed by atoms with Gasteiger partial charge in [-0.05, 0) is 24.3 Å². The molecule has 1 heterocycles. The minimum atomic E-state index is 0.212. The number of halogens is 1. The molecule has 0 saturated carbocycles. The molecule has 0 saturated heterocycles. The average Bonchev–Trinajstić information content (AvgIpc) is 2.61. The molecular weight excluding hydrogens is 228 g/mol. The summed E-state index contributed by atoms with van der Waals surface area (Å²) in [4.78, 5) is 0. The summed E-state index contributed by atoms with van der Waals surface area (Å²) in [5, 5.41) is 14.0. The molecule has 0 spiro atoms. The highest BCUT2D eigenvalue weighted by atomic mass is 35.5. The van der Waals surface area contributed by atoms with E-state index < -0.39 is 0 Å². The molecule has 0 aliphatic carbocycles. The third kappa shape index (κ3) is 2.18. The summed E-state index contributed by atoms with van der Waals surface area (Å²) in [5.74, 6) is 0.212. The lowest BCUT2D eigenvalue weighted by atomic mass is 10.3. The van der Waals surface area contributed by atoms with E-state index in [9.17, 15) is 5.11 Å². The fraction of sp³-hybridized carbons (Fsp3) is 0.182. The van der Waals surface area contributed by atoms with Gasteiger partial charge < -0.3 is 9.84 Å². The second kappa shape index (κ2) is 4.55. The van der Waals surface area contributed by atoms with E-state index in [1.54, 1.807) is 42.1 Å². The van der Waals surface area contributed by atoms with Gasteiger partial charge in [0.1, 0.15) is 10.9 Å². The Hall–Kier alpha value is -1.52. The third-order valence-electron chi connectivity index (χ3n) is 2.10. The van der Waals surface area contributed by atoms with Crippen molar-refractivity contribution in [3.8, 4) is 11.4 Å². The van der Waals surface area contributed by atoms with Crippen LogP contribution in [0.4, 0.5) is 0 Å². The van der Waals surface area contributed by atoms with Crippen molar-refractivity contribution < 1.29 is 9.84 Å². The largest absolute Gasteiger partial charge is 0.508 e. The van der Waals surface area contributed by atoms with E-state index >= 15 is 0 Å². The number of hydrogen-bond acceptors (Lipinski definition) is 3. The van der Waals surface area contributed by atoms with E-state index in [-0.39, 0.29) is 5.75 Å². The molecule has 1 N–H and O–H groups in total. The Morgan fingerprint density at radius 1 is 1.38 bits per heavy atom. The van der Waals surface area contributed by atoms with Crippen molar-refractivity contribution in [3.63, 3.8) is 0 Å². The molecule has 2 aromatic rings. The first-order valence-corrected chi connectivity index (χ1v) is 5.11. The highest BCUT2D eigenvalue weighted by Gasteiger charge is 2.07. The SMILES string of the molecule is COCc1cc(Cl)n(-c2ccc(O)cc2)n1. The number of benzene rings is 1. The minimum absolute atomic E-state index is 0.212. The average molecular weight is 239 g/mol. The third-order valence-corrected chi connectivity index (χ3v) is 2.37. The van der Waals surface area contributed by atoms with Gasteiger partial charge in [-0.15, -0.1) is 0 Å². The fourth-order valence-corrected chi connectivity index (χ4v) is 1.66. The summed E-state index contributed by atoms with van der Waals surface area (Å²) in [7, 11) is 1.60. The van der Waals surface area contributed by atoms with Gasteiger partial charge in [0.2, 0.25) is 0 Å². The summed E-state index contributed by atoms with van der Waals surface area (Å²) in [5.41, 5.74) is 1.56. The molecule has 16 heavy (non-hydrogen) atoms. The van der Waals surface area contributed by atoms with Crippen molar-refractivity contribution in [2.75, 3.05) is 7.11 Å². The van der Waals surface area contributed by atoms with E-state index in [0.717, 1.165) is 11.4 Å². The topological polar surface area (TPSA) is 47.3 Å². The summed E-state index contributed by atoms with van der Waals surface area (Å²) in [6, 6.07) is 8.40. The Bertz CT molecular complexity index is 479. The van der Waals surface area contributed by atoms with Gasteiger partial charge in [0, 0.05) is 13.2 Å². The zero-order valence-corrected chi connectivity index (χ0v) is 9.48. The van der Waals surface area contributed by atoms with Crippen LogP contribution in [0.3, 0.4) is 0 Å². The smallest absolute Gasteiger partial charge is 0.133 e. The van der Waals surface area contributed by atoms with Crippen molar-refractivity contribution in [2.24, 2.45) is 0 Å². The molecule has 5 heteroatoms. The summed E-state index contributed by atoms with van der Waals surface area (Å²) in [6.45, 7) is 0.421. The van der Waals surface area contributed by atoms with Gasteiger partial charge in [-0.25, -0.2) is 4.68 Å². The van der Waals surface area contributed by atoms with Crippen molar-refractivity contribution in [1.82, 2.24) is 9.78 Å². The molecule has 0 radical (unpaired) electrons. The van der Waals surface area contributed by atoms with Crippen LogP contribution in [0.25, 0.3) is 5.69 Å². The van der Waals surface area contributed by atoms with Gasteiger partial charge >= 0.3 is 0 Å². The first kappa shape index (κ1) is 11.0. The van der Waals surface area contributed by atoms with Crippen LogP contribution in [0.15, 0.2) is 30.3 Å². The number of aromatic hydroxyl groups is 1. The molecule has 2 rings (SSSR count). The molecule has 0 amide bonds. The molecule has 1 aromatic carbocycles. The lowest BCUT2D eigenvalue weighted by Gasteiger charge is -2.02. The molecule has 4 nitrogen and oxygen atoms in total. The molecule has 0 aliphatic rings. The van der Waals surface area contributed by atoms with Gasteiger partial charge in [-0.2, -0.15) is 5.10 Å². The Morgan fingerprint density at radius 2 is 2.06 bits per heavy atom. The van der Waals surface area contributed by atoms with Gasteiger partial charge in [-0.1, -0.05) is 11.6 Å². The molecule has 0 fully saturated rings. The number of phenols is 1. The highest BCUT2D eigenvalue weighted by Crippen LogP contribution is 2.19. The molecule has 0 atom stereocenters. The molecule has 84 valence electrons. The van der Waals surface area contributed by atoms with Crippen molar-refractivity contribution in [3.05, 3.63) is 41.2 Å². The maximum Gasteiger partial charge on any atom is 0.133 e. The number of aromatic nitrogens is 2. The lowest BCUT2D eigenvalue weighted by molar-refractivity contribution is 0.181. The minimum Gasteiger partial charge on any atom is -0.508 e. The van der Waals surface area contributed by atoms with Crippen LogP contribution in [-0.2, 0) is 11.3 Å². The Kier molecular flexibility index (Phi) is 3.12. The Morgan fingerprint density at radius 3 is 2.69 bits per heavy atom. The monoisotopic (exact) mass is 238 g/mol. The standard InChI is InChI=1S/C11H11ClN2O2/c1-16-7-8-6-11(12)14(13-8)9-2-4-10(15)5-3-9/h2-6,15H,7H2,1H3. The van der Waals surface area contributed by atoms with E-state index in [1.165, 1.54) is 0 Å². The van der Waals surface area contributed by atoms with Crippen LogP contribution in [0.2, 0.25) is 5.15 Å². The van der Waals surface area contributed by atoms with Crippen LogP contribution in [-0.4, -0.2) is 22.0 Å². The maximum atomic E-state index is 9.18. The van der Waals surface area contributed by atoms with Crippen molar-refractivity contribution in [1.29, 1.82) is 0 Å². The van der Waals surface area contributed by atoms with E-state index in [1.807, 2.05) is 0 Å². The number of nitrogens with zero attached hydrogens (tertiary/aromatic N) is 2. The Labute approximate surface area is 98.0 Å². The molecule has 0 bridgehead atoms. The maximum absolute atomic E-state index is 9.18. The second-order valence-electron chi connectivity index (χ2n) is 3.32. The Balaban J connectivity index is 2.36. The van der Waals surface area contributed by atoms with Crippen molar-refractivity contribution >= 4 is 11.6 Å². The molecular formula is C11H11ClN2O2. The van der Waals surface area contributed by atoms with E-state index in [4.69, 9.17) is 16.3 Å². The van der Waals surface area contributed by atoms with Gasteiger partial charge in [0.05, 0.1) is 18.0 Å². The molecule has 1 aromatic heterocycles. The number of methoxy groups -OCH3 is 1. The van der Waals surface area contributed by atoms with Crippen LogP contribution in [0.1, 0.15) is 5.69 Å². The highest BCUT2D eigenvalue weighted by molar-refractivity contribution is 6.29. The molecule has 0 aliphatic heterocycles. The number of ether oxygens (including phenoxy) is 1. The van der Waals surface area contributed by atoms with Crippen LogP contribution >= 0.6 is 11.6 Å². The van der Waals surface area contributed by atoms with E-state index in [0.29, 0.717) is 11.8 Å². The van der Waals surface area contributed by atoms with Gasteiger partial charge in [0.15, 0.2) is 0 Å². The van der Waals surface area contributed by atoms with Crippen LogP contribution < -0.4 is 0 Å². The van der Waals surface area contributed by atoms with Gasteiger partial charge in [0.25, 0.3) is 0 Å². The summed E-state index contributed by atoms with van der Waals surface area (Å²) in [6.07, 6.45) is 0. The first-order chi connectivity index (χ1) is 7.70. The van der Waals surface area contributed by atoms with E-state index in [2.05, 4.69) is 5.10 Å². The normalized spacial score (nSPS) is 10.6. The van der Waals surface area contributed by atoms with Gasteiger partial charge in [-0.3, -0.25) is 0 Å². The zero-order valence-electron chi connectivity index (χ0n) is 8.72. The number of phenolic OH excluding ortho intramolecular Hbond substituents is 1. The quantitative estimate of drug-likeness (QED) is 0.893. The predicted octanol–water partition coefficient (Wildman–Crippen LogP) is 2.38. The number of rotatable bonds is 3. The first-order valence-electron chi connectivity index (χ1n) is 4.73. The van der Waals surface area contributed by atoms with Crippen LogP contribution in [0.5, 0.6) is 5.75 Å². The lowest BCUT2D eigenvalue weighted by Crippen LogP contribution is -1.97. The molecule has 0 unspecified atom stereocenters. The van der Waals surface area contributed by atoms with Crippen LogP contribution in [0, 0.1) is 0 Å². The summed E-state index contributed by atoms with van der Waals surface area (Å²) < 4.78 is 6.57.